The van der Waals surface area contributed by atoms with Crippen molar-refractivity contribution in [1.82, 2.24) is 4.90 Å². The fraction of sp³-hybridized carbons (Fsp3) is 0.353. The van der Waals surface area contributed by atoms with Gasteiger partial charge in [0.15, 0.2) is 5.76 Å². The van der Waals surface area contributed by atoms with E-state index in [0.717, 1.165) is 18.4 Å². The quantitative estimate of drug-likeness (QED) is 0.920. The van der Waals surface area contributed by atoms with Crippen LogP contribution in [0, 0.1) is 0 Å². The number of hydrogen-bond donors (Lipinski definition) is 1. The molecular weight excluding hydrogens is 302 g/mol. The van der Waals surface area contributed by atoms with Crippen molar-refractivity contribution in [3.8, 4) is 11.3 Å². The van der Waals surface area contributed by atoms with E-state index < -0.39 is 0 Å². The van der Waals surface area contributed by atoms with E-state index in [1.807, 2.05) is 18.2 Å². The summed E-state index contributed by atoms with van der Waals surface area (Å²) >= 11 is 6.15. The molecule has 4 nitrogen and oxygen atoms in total. The first kappa shape index (κ1) is 15.1. The van der Waals surface area contributed by atoms with Crippen LogP contribution in [0.1, 0.15) is 29.8 Å². The Morgan fingerprint density at radius 1 is 1.18 bits per heavy atom. The van der Waals surface area contributed by atoms with Crippen LogP contribution in [0.4, 0.5) is 0 Å². The Kier molecular flexibility index (Phi) is 4.50. The van der Waals surface area contributed by atoms with Crippen molar-refractivity contribution in [1.29, 1.82) is 0 Å². The lowest BCUT2D eigenvalue weighted by Gasteiger charge is -2.18. The molecule has 2 heterocycles. The molecule has 1 atom stereocenters. The van der Waals surface area contributed by atoms with Crippen molar-refractivity contribution in [2.75, 3.05) is 13.1 Å². The minimum absolute atomic E-state index is 0.132. The summed E-state index contributed by atoms with van der Waals surface area (Å²) in [7, 11) is 0. The number of aliphatic hydroxyl groups excluding tert-OH is 1. The number of benzene rings is 1. The predicted octanol–water partition coefficient (Wildman–Crippen LogP) is 3.59. The van der Waals surface area contributed by atoms with Crippen LogP contribution in [0.2, 0.25) is 5.02 Å². The Morgan fingerprint density at radius 3 is 2.82 bits per heavy atom. The fourth-order valence-electron chi connectivity index (χ4n) is 2.70. The summed E-state index contributed by atoms with van der Waals surface area (Å²) in [6.07, 6.45) is 1.86. The average Bonchev–Trinajstić information content (AvgIpc) is 2.90. The lowest BCUT2D eigenvalue weighted by molar-refractivity contribution is 0.0722. The molecule has 22 heavy (non-hydrogen) atoms. The molecule has 1 N–H and O–H groups in total. The summed E-state index contributed by atoms with van der Waals surface area (Å²) in [5.74, 6) is 0.766. The molecule has 1 saturated heterocycles. The summed E-state index contributed by atoms with van der Waals surface area (Å²) in [5, 5.41) is 10.3. The molecule has 1 aliphatic heterocycles. The van der Waals surface area contributed by atoms with Crippen LogP contribution in [-0.2, 0) is 0 Å². The van der Waals surface area contributed by atoms with Crippen molar-refractivity contribution >= 4 is 17.5 Å². The topological polar surface area (TPSA) is 53.7 Å². The first-order valence-electron chi connectivity index (χ1n) is 7.47. The number of rotatable bonds is 2. The van der Waals surface area contributed by atoms with Crippen molar-refractivity contribution in [2.24, 2.45) is 0 Å². The van der Waals surface area contributed by atoms with Gasteiger partial charge in [0.2, 0.25) is 0 Å². The van der Waals surface area contributed by atoms with E-state index >= 15 is 0 Å². The fourth-order valence-corrected chi connectivity index (χ4v) is 2.93. The molecule has 1 unspecified atom stereocenters. The Bertz CT molecular complexity index is 667. The van der Waals surface area contributed by atoms with Crippen molar-refractivity contribution in [3.05, 3.63) is 47.2 Å². The molecule has 0 bridgehead atoms. The van der Waals surface area contributed by atoms with E-state index in [4.69, 9.17) is 16.0 Å². The highest BCUT2D eigenvalue weighted by Gasteiger charge is 2.23. The second kappa shape index (κ2) is 6.55. The Morgan fingerprint density at radius 2 is 2.00 bits per heavy atom. The van der Waals surface area contributed by atoms with E-state index in [2.05, 4.69) is 0 Å². The van der Waals surface area contributed by atoms with Gasteiger partial charge in [-0.1, -0.05) is 23.7 Å². The zero-order chi connectivity index (χ0) is 15.5. The highest BCUT2D eigenvalue weighted by atomic mass is 35.5. The van der Waals surface area contributed by atoms with Crippen LogP contribution < -0.4 is 0 Å². The monoisotopic (exact) mass is 319 g/mol. The third-order valence-corrected chi connectivity index (χ3v) is 4.27. The van der Waals surface area contributed by atoms with E-state index in [1.54, 1.807) is 23.1 Å². The zero-order valence-corrected chi connectivity index (χ0v) is 12.9. The lowest BCUT2D eigenvalue weighted by Crippen LogP contribution is -2.31. The molecule has 3 rings (SSSR count). The van der Waals surface area contributed by atoms with Gasteiger partial charge in [0, 0.05) is 18.7 Å². The highest BCUT2D eigenvalue weighted by molar-refractivity contribution is 6.33. The largest absolute Gasteiger partial charge is 0.451 e. The summed E-state index contributed by atoms with van der Waals surface area (Å²) in [5.41, 5.74) is 0.773. The smallest absolute Gasteiger partial charge is 0.289 e. The van der Waals surface area contributed by atoms with Crippen LogP contribution in [0.3, 0.4) is 0 Å². The predicted molar refractivity (Wildman–Crippen MR) is 84.9 cm³/mol. The number of aliphatic hydroxyl groups is 1. The van der Waals surface area contributed by atoms with Gasteiger partial charge in [0.1, 0.15) is 5.76 Å². The Labute approximate surface area is 134 Å². The molecule has 1 fully saturated rings. The molecule has 1 aliphatic rings. The van der Waals surface area contributed by atoms with Crippen molar-refractivity contribution in [3.63, 3.8) is 0 Å². The van der Waals surface area contributed by atoms with E-state index in [0.29, 0.717) is 36.1 Å². The SMILES string of the molecule is O=C(c1ccc(-c2ccccc2Cl)o1)N1CCCC(O)CC1. The third-order valence-electron chi connectivity index (χ3n) is 3.94. The number of carbonyl (C=O) groups excluding carboxylic acids is 1. The maximum atomic E-state index is 12.5. The minimum Gasteiger partial charge on any atom is -0.451 e. The van der Waals surface area contributed by atoms with Gasteiger partial charge in [-0.2, -0.15) is 0 Å². The molecule has 1 amide bonds. The normalized spacial score (nSPS) is 19.0. The molecule has 0 saturated carbocycles. The second-order valence-electron chi connectivity index (χ2n) is 5.52. The molecule has 0 aliphatic carbocycles. The maximum Gasteiger partial charge on any atom is 0.289 e. The Balaban J connectivity index is 1.78. The second-order valence-corrected chi connectivity index (χ2v) is 5.93. The van der Waals surface area contributed by atoms with Crippen LogP contribution in [0.5, 0.6) is 0 Å². The van der Waals surface area contributed by atoms with Crippen LogP contribution in [0.25, 0.3) is 11.3 Å². The number of furan rings is 1. The molecule has 5 heteroatoms. The van der Waals surface area contributed by atoms with Crippen LogP contribution in [-0.4, -0.2) is 35.1 Å². The standard InChI is InChI=1S/C17H18ClNO3/c18-14-6-2-1-5-13(14)15-7-8-16(22-15)17(21)19-10-3-4-12(20)9-11-19/h1-2,5-8,12,20H,3-4,9-11H2. The minimum atomic E-state index is -0.312. The zero-order valence-electron chi connectivity index (χ0n) is 12.2. The molecule has 0 spiro atoms. The van der Waals surface area contributed by atoms with Crippen LogP contribution >= 0.6 is 11.6 Å². The van der Waals surface area contributed by atoms with Crippen molar-refractivity contribution < 1.29 is 14.3 Å². The highest BCUT2D eigenvalue weighted by Crippen LogP contribution is 2.29. The molecule has 116 valence electrons. The van der Waals surface area contributed by atoms with Gasteiger partial charge >= 0.3 is 0 Å². The van der Waals surface area contributed by atoms with Gasteiger partial charge in [-0.15, -0.1) is 0 Å². The summed E-state index contributed by atoms with van der Waals surface area (Å²) < 4.78 is 5.70. The van der Waals surface area contributed by atoms with E-state index in [1.165, 1.54) is 0 Å². The van der Waals surface area contributed by atoms with E-state index in [9.17, 15) is 9.90 Å². The first-order valence-corrected chi connectivity index (χ1v) is 7.85. The van der Waals surface area contributed by atoms with Gasteiger partial charge in [-0.25, -0.2) is 0 Å². The van der Waals surface area contributed by atoms with Gasteiger partial charge in [0.25, 0.3) is 5.91 Å². The first-order chi connectivity index (χ1) is 10.6. The molecule has 1 aromatic carbocycles. The molecule has 2 aromatic rings. The summed E-state index contributed by atoms with van der Waals surface area (Å²) in [4.78, 5) is 14.2. The number of likely N-dealkylation sites (tertiary alicyclic amines) is 1. The van der Waals surface area contributed by atoms with Gasteiger partial charge in [-0.3, -0.25) is 4.79 Å². The number of carbonyl (C=O) groups is 1. The maximum absolute atomic E-state index is 12.5. The van der Waals surface area contributed by atoms with Crippen molar-refractivity contribution in [2.45, 2.75) is 25.4 Å². The number of halogens is 1. The van der Waals surface area contributed by atoms with Gasteiger partial charge in [-0.05, 0) is 43.5 Å². The number of hydrogen-bond acceptors (Lipinski definition) is 3. The van der Waals surface area contributed by atoms with Gasteiger partial charge in [0.05, 0.1) is 11.1 Å². The Hall–Kier alpha value is -1.78. The van der Waals surface area contributed by atoms with Gasteiger partial charge < -0.3 is 14.4 Å². The summed E-state index contributed by atoms with van der Waals surface area (Å²) in [6, 6.07) is 10.8. The third kappa shape index (κ3) is 3.18. The lowest BCUT2D eigenvalue weighted by atomic mass is 10.2. The summed E-state index contributed by atoms with van der Waals surface area (Å²) in [6.45, 7) is 1.21. The van der Waals surface area contributed by atoms with E-state index in [-0.39, 0.29) is 12.0 Å². The average molecular weight is 320 g/mol. The van der Waals surface area contributed by atoms with Crippen LogP contribution in [0.15, 0.2) is 40.8 Å². The molecule has 0 radical (unpaired) electrons. The number of amides is 1. The molecular formula is C17H18ClNO3. The molecule has 1 aromatic heterocycles. The number of nitrogens with zero attached hydrogens (tertiary/aromatic N) is 1.